The number of aromatic nitrogens is 2. The van der Waals surface area contributed by atoms with Crippen molar-refractivity contribution in [1.82, 2.24) is 15.0 Å². The van der Waals surface area contributed by atoms with Gasteiger partial charge in [0, 0.05) is 20.2 Å². The first-order valence-corrected chi connectivity index (χ1v) is 6.49. The van der Waals surface area contributed by atoms with Crippen molar-refractivity contribution < 1.29 is 14.4 Å². The van der Waals surface area contributed by atoms with E-state index < -0.39 is 0 Å². The molecule has 6 heteroatoms. The minimum absolute atomic E-state index is 0.0929. The fraction of sp³-hybridized carbons (Fsp3) is 0.429. The average molecular weight is 277 g/mol. The van der Waals surface area contributed by atoms with E-state index in [-0.39, 0.29) is 6.61 Å². The van der Waals surface area contributed by atoms with Crippen LogP contribution in [0.25, 0.3) is 0 Å². The van der Waals surface area contributed by atoms with Crippen LogP contribution in [0.5, 0.6) is 0 Å². The molecule has 1 aromatic heterocycles. The van der Waals surface area contributed by atoms with Crippen LogP contribution in [0.3, 0.4) is 0 Å². The van der Waals surface area contributed by atoms with E-state index in [9.17, 15) is 0 Å². The quantitative estimate of drug-likeness (QED) is 0.782. The fourth-order valence-corrected chi connectivity index (χ4v) is 1.93. The number of benzene rings is 1. The summed E-state index contributed by atoms with van der Waals surface area (Å²) in [6.45, 7) is 2.22. The Morgan fingerprint density at radius 1 is 1.25 bits per heavy atom. The van der Waals surface area contributed by atoms with E-state index in [4.69, 9.17) is 14.4 Å². The molecule has 1 N–H and O–H groups in total. The highest BCUT2D eigenvalue weighted by molar-refractivity contribution is 5.14. The van der Waals surface area contributed by atoms with Crippen LogP contribution in [-0.4, -0.2) is 40.4 Å². The topological polar surface area (TPSA) is 71.6 Å². The highest BCUT2D eigenvalue weighted by atomic mass is 16.5. The number of ether oxygens (including phenoxy) is 1. The van der Waals surface area contributed by atoms with Gasteiger partial charge >= 0.3 is 0 Å². The largest absolute Gasteiger partial charge is 0.395 e. The summed E-state index contributed by atoms with van der Waals surface area (Å²) in [5.41, 5.74) is 1.18. The summed E-state index contributed by atoms with van der Waals surface area (Å²) < 4.78 is 10.00. The lowest BCUT2D eigenvalue weighted by atomic mass is 10.2. The predicted molar refractivity (Wildman–Crippen MR) is 72.7 cm³/mol. The molecule has 2 rings (SSSR count). The average Bonchev–Trinajstić information content (AvgIpc) is 2.88. The predicted octanol–water partition coefficient (Wildman–Crippen LogP) is 1.21. The molecule has 0 amide bonds. The molecule has 0 radical (unpaired) electrons. The summed E-state index contributed by atoms with van der Waals surface area (Å²) in [4.78, 5) is 6.30. The molecule has 2 aromatic rings. The van der Waals surface area contributed by atoms with Gasteiger partial charge in [0.25, 0.3) is 5.89 Å². The van der Waals surface area contributed by atoms with Crippen LogP contribution in [0, 0.1) is 0 Å². The van der Waals surface area contributed by atoms with E-state index in [0.29, 0.717) is 31.4 Å². The summed E-state index contributed by atoms with van der Waals surface area (Å²) >= 11 is 0. The lowest BCUT2D eigenvalue weighted by Crippen LogP contribution is -2.26. The molecular weight excluding hydrogens is 258 g/mol. The fourth-order valence-electron chi connectivity index (χ4n) is 1.93. The maximum Gasteiger partial charge on any atom is 0.252 e. The number of hydrogen-bond acceptors (Lipinski definition) is 6. The Bertz CT molecular complexity index is 501. The molecule has 0 atom stereocenters. The molecule has 0 saturated carbocycles. The number of rotatable bonds is 8. The van der Waals surface area contributed by atoms with Crippen molar-refractivity contribution in [2.45, 2.75) is 19.7 Å². The summed E-state index contributed by atoms with van der Waals surface area (Å²) in [5.74, 6) is 1.06. The number of hydrogen-bond donors (Lipinski definition) is 1. The van der Waals surface area contributed by atoms with Gasteiger partial charge in [-0.3, -0.25) is 4.90 Å². The van der Waals surface area contributed by atoms with Crippen LogP contribution in [0.15, 0.2) is 34.9 Å². The second-order valence-electron chi connectivity index (χ2n) is 4.46. The number of nitrogens with zero attached hydrogens (tertiary/aromatic N) is 3. The standard InChI is InChI=1S/C14H19N3O3/c1-19-11-14-15-13(16-20-14)10-17(7-8-18)9-12-5-3-2-4-6-12/h2-6,18H,7-11H2,1H3. The van der Waals surface area contributed by atoms with Crippen LogP contribution in [-0.2, 0) is 24.4 Å². The summed E-state index contributed by atoms with van der Waals surface area (Å²) in [6.07, 6.45) is 0. The van der Waals surface area contributed by atoms with E-state index in [1.807, 2.05) is 18.2 Å². The van der Waals surface area contributed by atoms with Crippen molar-refractivity contribution in [3.8, 4) is 0 Å². The minimum atomic E-state index is 0.0929. The van der Waals surface area contributed by atoms with E-state index in [2.05, 4.69) is 27.2 Å². The molecule has 1 heterocycles. The van der Waals surface area contributed by atoms with Gasteiger partial charge in [-0.05, 0) is 5.56 Å². The molecule has 0 aliphatic carbocycles. The van der Waals surface area contributed by atoms with Gasteiger partial charge in [0.05, 0.1) is 13.2 Å². The van der Waals surface area contributed by atoms with Crippen molar-refractivity contribution in [2.24, 2.45) is 0 Å². The Morgan fingerprint density at radius 3 is 2.75 bits per heavy atom. The Morgan fingerprint density at radius 2 is 2.05 bits per heavy atom. The van der Waals surface area contributed by atoms with E-state index in [1.165, 1.54) is 5.56 Å². The molecule has 108 valence electrons. The van der Waals surface area contributed by atoms with E-state index >= 15 is 0 Å². The lowest BCUT2D eigenvalue weighted by molar-refractivity contribution is 0.151. The van der Waals surface area contributed by atoms with Gasteiger partial charge < -0.3 is 14.4 Å². The lowest BCUT2D eigenvalue weighted by Gasteiger charge is -2.19. The Hall–Kier alpha value is -1.76. The third-order valence-electron chi connectivity index (χ3n) is 2.81. The van der Waals surface area contributed by atoms with Gasteiger partial charge in [0.1, 0.15) is 6.61 Å². The van der Waals surface area contributed by atoms with Gasteiger partial charge in [-0.1, -0.05) is 35.5 Å². The molecule has 1 aromatic carbocycles. The summed E-state index contributed by atoms with van der Waals surface area (Å²) in [5, 5.41) is 13.1. The molecule has 0 aliphatic rings. The third-order valence-corrected chi connectivity index (χ3v) is 2.81. The SMILES string of the molecule is COCc1nc(CN(CCO)Cc2ccccc2)no1. The third kappa shape index (κ3) is 4.41. The highest BCUT2D eigenvalue weighted by Crippen LogP contribution is 2.08. The Labute approximate surface area is 118 Å². The normalized spacial score (nSPS) is 11.2. The van der Waals surface area contributed by atoms with Crippen LogP contribution >= 0.6 is 0 Å². The molecular formula is C14H19N3O3. The summed E-state index contributed by atoms with van der Waals surface area (Å²) in [7, 11) is 1.58. The van der Waals surface area contributed by atoms with Gasteiger partial charge in [-0.15, -0.1) is 0 Å². The second-order valence-corrected chi connectivity index (χ2v) is 4.46. The van der Waals surface area contributed by atoms with Crippen molar-refractivity contribution >= 4 is 0 Å². The van der Waals surface area contributed by atoms with Gasteiger partial charge in [-0.2, -0.15) is 4.98 Å². The van der Waals surface area contributed by atoms with Gasteiger partial charge in [0.15, 0.2) is 5.82 Å². The van der Waals surface area contributed by atoms with Crippen molar-refractivity contribution in [3.05, 3.63) is 47.6 Å². The first-order valence-electron chi connectivity index (χ1n) is 6.49. The molecule has 0 spiro atoms. The maximum absolute atomic E-state index is 9.16. The summed E-state index contributed by atoms with van der Waals surface area (Å²) in [6, 6.07) is 10.1. The molecule has 0 bridgehead atoms. The second kappa shape index (κ2) is 7.74. The van der Waals surface area contributed by atoms with Gasteiger partial charge in [-0.25, -0.2) is 0 Å². The minimum Gasteiger partial charge on any atom is -0.395 e. The van der Waals surface area contributed by atoms with Gasteiger partial charge in [0.2, 0.25) is 0 Å². The maximum atomic E-state index is 9.16. The molecule has 0 unspecified atom stereocenters. The Kier molecular flexibility index (Phi) is 5.67. The highest BCUT2D eigenvalue weighted by Gasteiger charge is 2.12. The number of aliphatic hydroxyl groups excluding tert-OH is 1. The van der Waals surface area contributed by atoms with Crippen LogP contribution < -0.4 is 0 Å². The van der Waals surface area contributed by atoms with Crippen LogP contribution in [0.4, 0.5) is 0 Å². The first-order chi connectivity index (χ1) is 9.81. The zero-order valence-electron chi connectivity index (χ0n) is 11.5. The molecule has 20 heavy (non-hydrogen) atoms. The Balaban J connectivity index is 1.97. The molecule has 6 nitrogen and oxygen atoms in total. The zero-order valence-corrected chi connectivity index (χ0v) is 11.5. The monoisotopic (exact) mass is 277 g/mol. The number of methoxy groups -OCH3 is 1. The van der Waals surface area contributed by atoms with Crippen LogP contribution in [0.2, 0.25) is 0 Å². The van der Waals surface area contributed by atoms with Crippen LogP contribution in [0.1, 0.15) is 17.3 Å². The number of aliphatic hydroxyl groups is 1. The van der Waals surface area contributed by atoms with E-state index in [0.717, 1.165) is 6.54 Å². The van der Waals surface area contributed by atoms with E-state index in [1.54, 1.807) is 7.11 Å². The molecule has 0 aliphatic heterocycles. The first kappa shape index (κ1) is 14.6. The smallest absolute Gasteiger partial charge is 0.252 e. The van der Waals surface area contributed by atoms with Crippen molar-refractivity contribution in [1.29, 1.82) is 0 Å². The molecule has 0 fully saturated rings. The van der Waals surface area contributed by atoms with Crippen molar-refractivity contribution in [3.63, 3.8) is 0 Å². The van der Waals surface area contributed by atoms with Crippen molar-refractivity contribution in [2.75, 3.05) is 20.3 Å². The molecule has 0 saturated heterocycles. The zero-order chi connectivity index (χ0) is 14.2.